The Morgan fingerprint density at radius 1 is 1.00 bits per heavy atom. The number of aliphatic carboxylic acids is 1. The number of rotatable bonds is 5. The molecule has 2 amide bonds. The second-order valence-corrected chi connectivity index (χ2v) is 16.5. The molecule has 2 rings (SSSR count). The molecule has 0 aliphatic carbocycles. The van der Waals surface area contributed by atoms with Crippen LogP contribution < -0.4 is 0 Å². The molecule has 1 aromatic carbocycles. The zero-order valence-corrected chi connectivity index (χ0v) is 17.9. The molecule has 1 heterocycles. The quantitative estimate of drug-likeness (QED) is 0.561. The zero-order chi connectivity index (χ0) is 18.5. The maximum absolute atomic E-state index is 12.0. The number of amides is 2. The fourth-order valence-corrected chi connectivity index (χ4v) is 6.82. The van der Waals surface area contributed by atoms with Crippen LogP contribution in [0.3, 0.4) is 0 Å². The monoisotopic (exact) mass is 440 g/mol. The fraction of sp³-hybridized carbons (Fsp3) is 0.500. The molecule has 131 valence electrons. The summed E-state index contributed by atoms with van der Waals surface area (Å²) >= 11 is -0.653. The van der Waals surface area contributed by atoms with Crippen molar-refractivity contribution >= 4 is 37.5 Å². The number of carbonyl (C=O) groups is 3. The van der Waals surface area contributed by atoms with Crippen molar-refractivity contribution in [3.8, 4) is 0 Å². The molecule has 0 unspecified atom stereocenters. The molecule has 0 atom stereocenters. The van der Waals surface area contributed by atoms with Crippen molar-refractivity contribution in [1.82, 2.24) is 4.90 Å². The SMILES string of the molecule is CC(C)(C(=O)O)N1C(=O)c2ccccc2C1=O.C[CH2][Sn]([CH2]C)[CH2]C. The first-order chi connectivity index (χ1) is 11.2. The van der Waals surface area contributed by atoms with Gasteiger partial charge in [0.2, 0.25) is 0 Å². The van der Waals surface area contributed by atoms with E-state index in [1.54, 1.807) is 25.4 Å². The van der Waals surface area contributed by atoms with E-state index in [0.29, 0.717) is 0 Å². The Kier molecular flexibility index (Phi) is 7.45. The van der Waals surface area contributed by atoms with Crippen molar-refractivity contribution in [2.24, 2.45) is 0 Å². The average molecular weight is 439 g/mol. The molecule has 0 aromatic heterocycles. The summed E-state index contributed by atoms with van der Waals surface area (Å²) < 4.78 is 4.65. The minimum absolute atomic E-state index is 0.256. The van der Waals surface area contributed by atoms with Gasteiger partial charge in [-0.1, -0.05) is 12.1 Å². The molecule has 1 aliphatic heterocycles. The van der Waals surface area contributed by atoms with Crippen LogP contribution in [0.5, 0.6) is 0 Å². The molecular weight excluding hydrogens is 413 g/mol. The first-order valence-corrected chi connectivity index (χ1v) is 14.3. The Bertz CT molecular complexity index is 583. The van der Waals surface area contributed by atoms with Gasteiger partial charge in [0, 0.05) is 0 Å². The second-order valence-electron chi connectivity index (χ2n) is 6.17. The van der Waals surface area contributed by atoms with E-state index in [1.165, 1.54) is 26.0 Å². The summed E-state index contributed by atoms with van der Waals surface area (Å²) in [5.41, 5.74) is -1.04. The average Bonchev–Trinajstić information content (AvgIpc) is 2.82. The third-order valence-electron chi connectivity index (χ3n) is 4.38. The van der Waals surface area contributed by atoms with Crippen LogP contribution in [0.1, 0.15) is 55.3 Å². The summed E-state index contributed by atoms with van der Waals surface area (Å²) in [4.78, 5) is 35.9. The minimum atomic E-state index is -1.55. The molecule has 0 fully saturated rings. The van der Waals surface area contributed by atoms with Crippen LogP contribution >= 0.6 is 0 Å². The van der Waals surface area contributed by atoms with Gasteiger partial charge in [-0.2, -0.15) is 0 Å². The van der Waals surface area contributed by atoms with Gasteiger partial charge in [0.05, 0.1) is 11.1 Å². The number of imide groups is 1. The number of carbonyl (C=O) groups excluding carboxylic acids is 2. The van der Waals surface area contributed by atoms with Gasteiger partial charge >= 0.3 is 59.8 Å². The number of benzene rings is 1. The number of nitrogens with zero attached hydrogens (tertiary/aromatic N) is 1. The van der Waals surface area contributed by atoms with Crippen LogP contribution in [0, 0.1) is 0 Å². The molecule has 5 nitrogen and oxygen atoms in total. The Morgan fingerprint density at radius 2 is 1.38 bits per heavy atom. The third-order valence-corrected chi connectivity index (χ3v) is 12.9. The van der Waals surface area contributed by atoms with Crippen molar-refractivity contribution in [1.29, 1.82) is 0 Å². The molecule has 24 heavy (non-hydrogen) atoms. The van der Waals surface area contributed by atoms with Crippen molar-refractivity contribution in [2.45, 2.75) is 53.5 Å². The van der Waals surface area contributed by atoms with Crippen LogP contribution in [0.4, 0.5) is 0 Å². The Balaban J connectivity index is 0.000000351. The molecule has 1 N–H and O–H groups in total. The van der Waals surface area contributed by atoms with Crippen LogP contribution in [-0.4, -0.2) is 53.1 Å². The maximum atomic E-state index is 12.0. The van der Waals surface area contributed by atoms with E-state index >= 15 is 0 Å². The van der Waals surface area contributed by atoms with Crippen LogP contribution in [0.25, 0.3) is 0 Å². The summed E-state index contributed by atoms with van der Waals surface area (Å²) in [6.07, 6.45) is 0. The first kappa shape index (κ1) is 20.7. The molecule has 0 saturated heterocycles. The van der Waals surface area contributed by atoms with Gasteiger partial charge in [-0.15, -0.1) is 0 Å². The van der Waals surface area contributed by atoms with Gasteiger partial charge in [0.15, 0.2) is 0 Å². The summed E-state index contributed by atoms with van der Waals surface area (Å²) in [6, 6.07) is 6.32. The number of fused-ring (bicyclic) bond motifs is 1. The van der Waals surface area contributed by atoms with Gasteiger partial charge in [0.1, 0.15) is 5.54 Å². The Labute approximate surface area is 150 Å². The van der Waals surface area contributed by atoms with E-state index in [-0.39, 0.29) is 11.1 Å². The molecular formula is C18H26NO4Sn. The normalized spacial score (nSPS) is 13.7. The summed E-state index contributed by atoms with van der Waals surface area (Å²) in [7, 11) is 0. The molecule has 1 aromatic rings. The molecule has 0 bridgehead atoms. The summed E-state index contributed by atoms with van der Waals surface area (Å²) in [5.74, 6) is -2.33. The summed E-state index contributed by atoms with van der Waals surface area (Å²) in [5, 5.41) is 9.07. The van der Waals surface area contributed by atoms with Crippen LogP contribution in [0.2, 0.25) is 13.3 Å². The number of carboxylic acid groups (broad SMARTS) is 1. The topological polar surface area (TPSA) is 74.7 Å². The zero-order valence-electron chi connectivity index (χ0n) is 15.0. The molecule has 0 spiro atoms. The van der Waals surface area contributed by atoms with Crippen molar-refractivity contribution in [3.05, 3.63) is 35.4 Å². The number of carboxylic acids is 1. The molecule has 1 radical (unpaired) electrons. The first-order valence-electron chi connectivity index (χ1n) is 8.27. The van der Waals surface area contributed by atoms with E-state index in [1.807, 2.05) is 0 Å². The van der Waals surface area contributed by atoms with E-state index in [4.69, 9.17) is 5.11 Å². The van der Waals surface area contributed by atoms with Crippen LogP contribution in [-0.2, 0) is 4.79 Å². The standard InChI is InChI=1S/C12H11NO4.3C2H5.Sn/c1-12(2,11(16)17)13-9(14)7-5-3-4-6-8(7)10(13)15;3*1-2;/h3-6H,1-2H3,(H,16,17);3*1H2,2H3;. The third kappa shape index (κ3) is 4.18. The van der Waals surface area contributed by atoms with Crippen molar-refractivity contribution in [3.63, 3.8) is 0 Å². The van der Waals surface area contributed by atoms with E-state index in [2.05, 4.69) is 20.8 Å². The number of hydrogen-bond donors (Lipinski definition) is 1. The predicted octanol–water partition coefficient (Wildman–Crippen LogP) is 3.69. The van der Waals surface area contributed by atoms with Crippen molar-refractivity contribution in [2.75, 3.05) is 0 Å². The molecule has 0 saturated carbocycles. The summed E-state index contributed by atoms with van der Waals surface area (Å²) in [6.45, 7) is 9.71. The van der Waals surface area contributed by atoms with Gasteiger partial charge in [-0.25, -0.2) is 4.79 Å². The molecule has 6 heteroatoms. The van der Waals surface area contributed by atoms with Gasteiger partial charge in [0.25, 0.3) is 11.8 Å². The van der Waals surface area contributed by atoms with Gasteiger partial charge in [-0.3, -0.25) is 14.5 Å². The number of hydrogen-bond acceptors (Lipinski definition) is 3. The Morgan fingerprint density at radius 3 is 1.62 bits per heavy atom. The van der Waals surface area contributed by atoms with Gasteiger partial charge in [-0.05, 0) is 26.0 Å². The van der Waals surface area contributed by atoms with Crippen LogP contribution in [0.15, 0.2) is 24.3 Å². The molecule has 1 aliphatic rings. The van der Waals surface area contributed by atoms with E-state index < -0.39 is 43.1 Å². The van der Waals surface area contributed by atoms with Crippen molar-refractivity contribution < 1.29 is 19.5 Å². The van der Waals surface area contributed by atoms with E-state index in [9.17, 15) is 14.4 Å². The fourth-order valence-electron chi connectivity index (χ4n) is 2.54. The van der Waals surface area contributed by atoms with Gasteiger partial charge < -0.3 is 5.11 Å². The second kappa shape index (κ2) is 8.65. The van der Waals surface area contributed by atoms with E-state index in [0.717, 1.165) is 4.90 Å². The predicted molar refractivity (Wildman–Crippen MR) is 95.9 cm³/mol. The Hall–Kier alpha value is -1.37.